The van der Waals surface area contributed by atoms with Crippen molar-refractivity contribution in [1.82, 2.24) is 15.1 Å². The molecular formula is C23H25FN4O. The maximum Gasteiger partial charge on any atom is 0.259 e. The summed E-state index contributed by atoms with van der Waals surface area (Å²) in [6.45, 7) is 5.94. The number of piperidine rings is 1. The third-order valence-electron chi connectivity index (χ3n) is 5.63. The predicted octanol–water partition coefficient (Wildman–Crippen LogP) is 4.35. The summed E-state index contributed by atoms with van der Waals surface area (Å²) in [5, 5.41) is 10.6. The van der Waals surface area contributed by atoms with Crippen LogP contribution in [0.3, 0.4) is 0 Å². The number of halogens is 1. The molecule has 0 radical (unpaired) electrons. The standard InChI is InChI=1S/C23H25FN4O/c1-15-7-8-18(13-16(15)2)28-22(17-9-11-25-12-10-17)19(14-26-28)23(29)27-21-6-4-3-5-20(21)24/h3-8,13-14,17,25H,9-12H2,1-2H3,(H,27,29). The second-order valence-corrected chi connectivity index (χ2v) is 7.58. The predicted molar refractivity (Wildman–Crippen MR) is 112 cm³/mol. The van der Waals surface area contributed by atoms with Crippen molar-refractivity contribution in [3.63, 3.8) is 0 Å². The maximum atomic E-state index is 14.0. The Morgan fingerprint density at radius 3 is 2.62 bits per heavy atom. The normalized spacial score (nSPS) is 14.7. The molecule has 1 aliphatic heterocycles. The van der Waals surface area contributed by atoms with Gasteiger partial charge < -0.3 is 10.6 Å². The zero-order chi connectivity index (χ0) is 20.4. The zero-order valence-corrected chi connectivity index (χ0v) is 16.7. The summed E-state index contributed by atoms with van der Waals surface area (Å²) in [4.78, 5) is 13.0. The number of nitrogens with zero attached hydrogens (tertiary/aromatic N) is 2. The van der Waals surface area contributed by atoms with Crippen LogP contribution in [0.5, 0.6) is 0 Å². The second kappa shape index (κ2) is 8.17. The molecule has 150 valence electrons. The number of anilines is 1. The molecule has 1 saturated heterocycles. The van der Waals surface area contributed by atoms with Crippen LogP contribution in [0.15, 0.2) is 48.7 Å². The first kappa shape index (κ1) is 19.3. The van der Waals surface area contributed by atoms with Crippen LogP contribution in [0.25, 0.3) is 5.69 Å². The van der Waals surface area contributed by atoms with E-state index in [9.17, 15) is 9.18 Å². The summed E-state index contributed by atoms with van der Waals surface area (Å²) in [5.74, 6) is -0.578. The van der Waals surface area contributed by atoms with E-state index in [1.807, 2.05) is 10.7 Å². The van der Waals surface area contributed by atoms with Crippen LogP contribution in [-0.4, -0.2) is 28.8 Å². The van der Waals surface area contributed by atoms with E-state index in [1.165, 1.54) is 17.2 Å². The minimum atomic E-state index is -0.453. The van der Waals surface area contributed by atoms with Gasteiger partial charge in [-0.3, -0.25) is 4.79 Å². The number of aryl methyl sites for hydroxylation is 2. The summed E-state index contributed by atoms with van der Waals surface area (Å²) in [5.41, 5.74) is 4.88. The summed E-state index contributed by atoms with van der Waals surface area (Å²) in [7, 11) is 0. The first-order valence-electron chi connectivity index (χ1n) is 9.96. The summed E-state index contributed by atoms with van der Waals surface area (Å²) >= 11 is 0. The fraction of sp³-hybridized carbons (Fsp3) is 0.304. The average Bonchev–Trinajstić information content (AvgIpc) is 3.18. The molecule has 0 aliphatic carbocycles. The topological polar surface area (TPSA) is 59.0 Å². The molecule has 0 unspecified atom stereocenters. The van der Waals surface area contributed by atoms with Crippen molar-refractivity contribution in [2.24, 2.45) is 0 Å². The van der Waals surface area contributed by atoms with Crippen LogP contribution in [0, 0.1) is 19.7 Å². The number of nitrogens with one attached hydrogen (secondary N) is 2. The van der Waals surface area contributed by atoms with E-state index in [4.69, 9.17) is 0 Å². The fourth-order valence-electron chi connectivity index (χ4n) is 3.84. The quantitative estimate of drug-likeness (QED) is 0.694. The lowest BCUT2D eigenvalue weighted by molar-refractivity contribution is 0.102. The Hall–Kier alpha value is -2.99. The number of rotatable bonds is 4. The highest BCUT2D eigenvalue weighted by Crippen LogP contribution is 2.31. The summed E-state index contributed by atoms with van der Waals surface area (Å²) in [6.07, 6.45) is 3.45. The number of carbonyl (C=O) groups is 1. The highest BCUT2D eigenvalue weighted by atomic mass is 19.1. The molecule has 0 spiro atoms. The summed E-state index contributed by atoms with van der Waals surface area (Å²) in [6, 6.07) is 12.4. The van der Waals surface area contributed by atoms with Gasteiger partial charge >= 0.3 is 0 Å². The molecule has 29 heavy (non-hydrogen) atoms. The van der Waals surface area contributed by atoms with Crippen molar-refractivity contribution in [1.29, 1.82) is 0 Å². The lowest BCUT2D eigenvalue weighted by atomic mass is 9.91. The van der Waals surface area contributed by atoms with E-state index in [2.05, 4.69) is 41.7 Å². The van der Waals surface area contributed by atoms with Crippen LogP contribution in [0.1, 0.15) is 45.9 Å². The van der Waals surface area contributed by atoms with Crippen molar-refractivity contribution in [3.8, 4) is 5.69 Å². The van der Waals surface area contributed by atoms with Gasteiger partial charge in [0.25, 0.3) is 5.91 Å². The third-order valence-corrected chi connectivity index (χ3v) is 5.63. The first-order valence-corrected chi connectivity index (χ1v) is 9.96. The second-order valence-electron chi connectivity index (χ2n) is 7.58. The van der Waals surface area contributed by atoms with Gasteiger partial charge in [0.05, 0.1) is 28.8 Å². The highest BCUT2D eigenvalue weighted by Gasteiger charge is 2.27. The van der Waals surface area contributed by atoms with Gasteiger partial charge in [-0.1, -0.05) is 18.2 Å². The van der Waals surface area contributed by atoms with Crippen LogP contribution in [0.4, 0.5) is 10.1 Å². The Balaban J connectivity index is 1.75. The Bertz CT molecular complexity index is 1040. The van der Waals surface area contributed by atoms with Gasteiger partial charge in [0.15, 0.2) is 0 Å². The number of hydrogen-bond donors (Lipinski definition) is 2. The largest absolute Gasteiger partial charge is 0.319 e. The van der Waals surface area contributed by atoms with Crippen molar-refractivity contribution in [2.75, 3.05) is 18.4 Å². The Morgan fingerprint density at radius 2 is 1.90 bits per heavy atom. The molecular weight excluding hydrogens is 367 g/mol. The molecule has 5 nitrogen and oxygen atoms in total. The van der Waals surface area contributed by atoms with E-state index in [0.29, 0.717) is 5.56 Å². The van der Waals surface area contributed by atoms with E-state index >= 15 is 0 Å². The smallest absolute Gasteiger partial charge is 0.259 e. The molecule has 6 heteroatoms. The molecule has 0 atom stereocenters. The first-order chi connectivity index (χ1) is 14.0. The van der Waals surface area contributed by atoms with E-state index in [1.54, 1.807) is 24.4 Å². The molecule has 1 amide bonds. The van der Waals surface area contributed by atoms with Gasteiger partial charge in [-0.25, -0.2) is 9.07 Å². The fourth-order valence-corrected chi connectivity index (χ4v) is 3.84. The van der Waals surface area contributed by atoms with Gasteiger partial charge in [-0.15, -0.1) is 0 Å². The van der Waals surface area contributed by atoms with Gasteiger partial charge in [0.1, 0.15) is 5.82 Å². The molecule has 2 aromatic carbocycles. The zero-order valence-electron chi connectivity index (χ0n) is 16.7. The molecule has 0 bridgehead atoms. The molecule has 2 N–H and O–H groups in total. The highest BCUT2D eigenvalue weighted by molar-refractivity contribution is 6.05. The van der Waals surface area contributed by atoms with Crippen LogP contribution >= 0.6 is 0 Å². The SMILES string of the molecule is Cc1ccc(-n2ncc(C(=O)Nc3ccccc3F)c2C2CCNCC2)cc1C. The molecule has 1 fully saturated rings. The van der Waals surface area contributed by atoms with Gasteiger partial charge in [0, 0.05) is 5.92 Å². The number of carbonyl (C=O) groups excluding carboxylic acids is 1. The van der Waals surface area contributed by atoms with Gasteiger partial charge in [-0.05, 0) is 75.2 Å². The number of benzene rings is 2. The number of aromatic nitrogens is 2. The molecule has 1 aromatic heterocycles. The van der Waals surface area contributed by atoms with E-state index in [-0.39, 0.29) is 17.5 Å². The average molecular weight is 392 g/mol. The lowest BCUT2D eigenvalue weighted by Crippen LogP contribution is -2.29. The Morgan fingerprint density at radius 1 is 1.14 bits per heavy atom. The van der Waals surface area contributed by atoms with Gasteiger partial charge in [0.2, 0.25) is 0 Å². The molecule has 2 heterocycles. The van der Waals surface area contributed by atoms with Crippen LogP contribution in [-0.2, 0) is 0 Å². The van der Waals surface area contributed by atoms with Crippen LogP contribution < -0.4 is 10.6 Å². The Labute approximate surface area is 169 Å². The van der Waals surface area contributed by atoms with Crippen molar-refractivity contribution < 1.29 is 9.18 Å². The van der Waals surface area contributed by atoms with E-state index in [0.717, 1.165) is 37.3 Å². The monoisotopic (exact) mass is 392 g/mol. The number of para-hydroxylation sites is 1. The number of amides is 1. The molecule has 0 saturated carbocycles. The Kier molecular flexibility index (Phi) is 5.45. The third kappa shape index (κ3) is 3.93. The van der Waals surface area contributed by atoms with Crippen molar-refractivity contribution >= 4 is 11.6 Å². The molecule has 4 rings (SSSR count). The number of hydrogen-bond acceptors (Lipinski definition) is 3. The minimum Gasteiger partial charge on any atom is -0.319 e. The van der Waals surface area contributed by atoms with Crippen molar-refractivity contribution in [3.05, 3.63) is 76.9 Å². The molecule has 1 aliphatic rings. The van der Waals surface area contributed by atoms with Crippen molar-refractivity contribution in [2.45, 2.75) is 32.6 Å². The summed E-state index contributed by atoms with van der Waals surface area (Å²) < 4.78 is 15.9. The maximum absolute atomic E-state index is 14.0. The van der Waals surface area contributed by atoms with Crippen LogP contribution in [0.2, 0.25) is 0 Å². The molecule has 3 aromatic rings. The lowest BCUT2D eigenvalue weighted by Gasteiger charge is -2.25. The van der Waals surface area contributed by atoms with E-state index < -0.39 is 5.82 Å². The van der Waals surface area contributed by atoms with Gasteiger partial charge in [-0.2, -0.15) is 5.10 Å². The minimum absolute atomic E-state index is 0.174.